The highest BCUT2D eigenvalue weighted by Crippen LogP contribution is 2.21. The van der Waals surface area contributed by atoms with Crippen molar-refractivity contribution in [1.29, 1.82) is 0 Å². The van der Waals surface area contributed by atoms with Gasteiger partial charge in [-0.3, -0.25) is 9.59 Å². The average molecular weight is 423 g/mol. The zero-order valence-electron chi connectivity index (χ0n) is 18.6. The Bertz CT molecular complexity index is 857. The van der Waals surface area contributed by atoms with Crippen LogP contribution in [-0.2, 0) is 0 Å². The van der Waals surface area contributed by atoms with Crippen LogP contribution in [0.2, 0.25) is 0 Å². The molecule has 3 rings (SSSR count). The number of likely N-dealkylation sites (tertiary alicyclic amines) is 1. The molecule has 1 aliphatic heterocycles. The first-order chi connectivity index (χ1) is 15.2. The quantitative estimate of drug-likeness (QED) is 0.511. The van der Waals surface area contributed by atoms with Gasteiger partial charge in [0.2, 0.25) is 0 Å². The van der Waals surface area contributed by atoms with Gasteiger partial charge in [0, 0.05) is 24.3 Å². The molecule has 0 saturated carbocycles. The normalized spacial score (nSPS) is 14.0. The van der Waals surface area contributed by atoms with Gasteiger partial charge in [0.1, 0.15) is 5.75 Å². The van der Waals surface area contributed by atoms with Gasteiger partial charge >= 0.3 is 0 Å². The summed E-state index contributed by atoms with van der Waals surface area (Å²) in [5, 5.41) is 2.93. The first-order valence-electron chi connectivity index (χ1n) is 11.6. The van der Waals surface area contributed by atoms with E-state index in [1.807, 2.05) is 41.3 Å². The largest absolute Gasteiger partial charge is 0.493 e. The second kappa shape index (κ2) is 12.1. The molecule has 0 spiro atoms. The minimum absolute atomic E-state index is 0.0359. The summed E-state index contributed by atoms with van der Waals surface area (Å²) in [7, 11) is 0. The van der Waals surface area contributed by atoms with E-state index in [0.717, 1.165) is 38.8 Å². The standard InChI is InChI=1S/C26H34N2O3/c1-2-3-4-11-19-31-24-16-8-7-15-23(24)25(29)27-22-14-12-13-21(20-22)26(30)28-17-9-5-6-10-18-28/h7-8,12-16,20H,2-6,9-11,17-19H2,1H3,(H,27,29). The summed E-state index contributed by atoms with van der Waals surface area (Å²) in [6, 6.07) is 14.5. The summed E-state index contributed by atoms with van der Waals surface area (Å²) in [6.45, 7) is 4.39. The van der Waals surface area contributed by atoms with Crippen molar-refractivity contribution in [3.8, 4) is 5.75 Å². The van der Waals surface area contributed by atoms with Gasteiger partial charge in [0.15, 0.2) is 0 Å². The third kappa shape index (κ3) is 6.84. The molecule has 0 unspecified atom stereocenters. The van der Waals surface area contributed by atoms with Gasteiger partial charge in [-0.05, 0) is 49.6 Å². The van der Waals surface area contributed by atoms with E-state index >= 15 is 0 Å². The van der Waals surface area contributed by atoms with Crippen molar-refractivity contribution in [3.05, 3.63) is 59.7 Å². The van der Waals surface area contributed by atoms with Crippen molar-refractivity contribution in [1.82, 2.24) is 4.90 Å². The lowest BCUT2D eigenvalue weighted by Gasteiger charge is -2.20. The van der Waals surface area contributed by atoms with Crippen molar-refractivity contribution < 1.29 is 14.3 Å². The Labute approximate surface area is 185 Å². The number of carbonyl (C=O) groups excluding carboxylic acids is 2. The third-order valence-electron chi connectivity index (χ3n) is 5.65. The van der Waals surface area contributed by atoms with Gasteiger partial charge in [-0.25, -0.2) is 0 Å². The molecule has 166 valence electrons. The van der Waals surface area contributed by atoms with Gasteiger partial charge in [-0.1, -0.05) is 57.2 Å². The molecule has 2 aromatic carbocycles. The number of anilines is 1. The number of carbonyl (C=O) groups is 2. The number of nitrogens with one attached hydrogen (secondary N) is 1. The topological polar surface area (TPSA) is 58.6 Å². The maximum absolute atomic E-state index is 12.9. The van der Waals surface area contributed by atoms with Crippen LogP contribution in [0.4, 0.5) is 5.69 Å². The Morgan fingerprint density at radius 2 is 1.71 bits per heavy atom. The number of hydrogen-bond donors (Lipinski definition) is 1. The minimum atomic E-state index is -0.233. The van der Waals surface area contributed by atoms with Crippen LogP contribution in [-0.4, -0.2) is 36.4 Å². The van der Waals surface area contributed by atoms with Gasteiger partial charge in [0.05, 0.1) is 12.2 Å². The van der Waals surface area contributed by atoms with Crippen molar-refractivity contribution >= 4 is 17.5 Å². The number of unbranched alkanes of at least 4 members (excludes halogenated alkanes) is 3. The Morgan fingerprint density at radius 3 is 2.48 bits per heavy atom. The predicted octanol–water partition coefficient (Wildman–Crippen LogP) is 5.91. The van der Waals surface area contributed by atoms with E-state index in [9.17, 15) is 9.59 Å². The number of benzene rings is 2. The maximum Gasteiger partial charge on any atom is 0.259 e. The molecule has 1 saturated heterocycles. The molecule has 0 aromatic heterocycles. The molecule has 31 heavy (non-hydrogen) atoms. The van der Waals surface area contributed by atoms with Crippen LogP contribution in [0.5, 0.6) is 5.75 Å². The van der Waals surface area contributed by atoms with Crippen LogP contribution in [0.25, 0.3) is 0 Å². The smallest absolute Gasteiger partial charge is 0.259 e. The van der Waals surface area contributed by atoms with Crippen molar-refractivity contribution in [2.45, 2.75) is 58.3 Å². The fraction of sp³-hybridized carbons (Fsp3) is 0.462. The van der Waals surface area contributed by atoms with Crippen LogP contribution in [0.3, 0.4) is 0 Å². The second-order valence-electron chi connectivity index (χ2n) is 8.15. The molecule has 2 amide bonds. The van der Waals surface area contributed by atoms with Gasteiger partial charge < -0.3 is 15.0 Å². The Kier molecular flexibility index (Phi) is 8.95. The summed E-state index contributed by atoms with van der Waals surface area (Å²) in [5.74, 6) is 0.394. The van der Waals surface area contributed by atoms with E-state index in [1.165, 1.54) is 25.7 Å². The fourth-order valence-electron chi connectivity index (χ4n) is 3.88. The molecule has 2 aromatic rings. The number of nitrogens with zero attached hydrogens (tertiary/aromatic N) is 1. The van der Waals surface area contributed by atoms with Crippen LogP contribution in [0.15, 0.2) is 48.5 Å². The van der Waals surface area contributed by atoms with Crippen LogP contribution < -0.4 is 10.1 Å². The predicted molar refractivity (Wildman–Crippen MR) is 125 cm³/mol. The lowest BCUT2D eigenvalue weighted by Crippen LogP contribution is -2.31. The van der Waals surface area contributed by atoms with Crippen LogP contribution >= 0.6 is 0 Å². The van der Waals surface area contributed by atoms with Crippen molar-refractivity contribution in [3.63, 3.8) is 0 Å². The SMILES string of the molecule is CCCCCCOc1ccccc1C(=O)Nc1cccc(C(=O)N2CCCCCC2)c1. The first kappa shape index (κ1) is 22.9. The molecule has 0 radical (unpaired) electrons. The summed E-state index contributed by atoms with van der Waals surface area (Å²) < 4.78 is 5.87. The van der Waals surface area contributed by atoms with E-state index in [0.29, 0.717) is 29.2 Å². The molecule has 0 atom stereocenters. The second-order valence-corrected chi connectivity index (χ2v) is 8.15. The number of amides is 2. The van der Waals surface area contributed by atoms with Gasteiger partial charge in [-0.15, -0.1) is 0 Å². The average Bonchev–Trinajstić information content (AvgIpc) is 3.08. The summed E-state index contributed by atoms with van der Waals surface area (Å²) in [5.41, 5.74) is 1.73. The molecular formula is C26H34N2O3. The first-order valence-corrected chi connectivity index (χ1v) is 11.6. The molecule has 1 N–H and O–H groups in total. The van der Waals surface area contributed by atoms with Crippen molar-refractivity contribution in [2.75, 3.05) is 25.0 Å². The number of rotatable bonds is 9. The molecular weight excluding hydrogens is 388 g/mol. The van der Waals surface area contributed by atoms with Gasteiger partial charge in [-0.2, -0.15) is 0 Å². The lowest BCUT2D eigenvalue weighted by atomic mass is 10.1. The molecule has 1 aliphatic rings. The highest BCUT2D eigenvalue weighted by atomic mass is 16.5. The van der Waals surface area contributed by atoms with Crippen LogP contribution in [0.1, 0.15) is 79.0 Å². The molecule has 5 nitrogen and oxygen atoms in total. The maximum atomic E-state index is 12.9. The number of para-hydroxylation sites is 1. The molecule has 1 heterocycles. The monoisotopic (exact) mass is 422 g/mol. The zero-order chi connectivity index (χ0) is 21.9. The highest BCUT2D eigenvalue weighted by Gasteiger charge is 2.18. The van der Waals surface area contributed by atoms with E-state index in [2.05, 4.69) is 12.2 Å². The van der Waals surface area contributed by atoms with Gasteiger partial charge in [0.25, 0.3) is 11.8 Å². The number of ether oxygens (including phenoxy) is 1. The Balaban J connectivity index is 1.64. The molecule has 0 aliphatic carbocycles. The van der Waals surface area contributed by atoms with E-state index in [-0.39, 0.29) is 11.8 Å². The van der Waals surface area contributed by atoms with Crippen molar-refractivity contribution in [2.24, 2.45) is 0 Å². The zero-order valence-corrected chi connectivity index (χ0v) is 18.6. The fourth-order valence-corrected chi connectivity index (χ4v) is 3.88. The molecule has 0 bridgehead atoms. The van der Waals surface area contributed by atoms with E-state index in [1.54, 1.807) is 12.1 Å². The molecule has 5 heteroatoms. The number of hydrogen-bond acceptors (Lipinski definition) is 3. The summed E-state index contributed by atoms with van der Waals surface area (Å²) in [6.07, 6.45) is 8.94. The minimum Gasteiger partial charge on any atom is -0.493 e. The van der Waals surface area contributed by atoms with Crippen LogP contribution in [0, 0.1) is 0 Å². The lowest BCUT2D eigenvalue weighted by molar-refractivity contribution is 0.0761. The highest BCUT2D eigenvalue weighted by molar-refractivity contribution is 6.06. The molecule has 1 fully saturated rings. The Morgan fingerprint density at radius 1 is 0.935 bits per heavy atom. The summed E-state index contributed by atoms with van der Waals surface area (Å²) >= 11 is 0. The van der Waals surface area contributed by atoms with E-state index in [4.69, 9.17) is 4.74 Å². The summed E-state index contributed by atoms with van der Waals surface area (Å²) in [4.78, 5) is 27.7. The third-order valence-corrected chi connectivity index (χ3v) is 5.65. The van der Waals surface area contributed by atoms with E-state index < -0.39 is 0 Å². The Hall–Kier alpha value is -2.82.